The second kappa shape index (κ2) is 15.3. The van der Waals surface area contributed by atoms with Crippen LogP contribution < -0.4 is 0 Å². The first kappa shape index (κ1) is 16.3. The fraction of sp³-hybridized carbons (Fsp3) is 1.00. The van der Waals surface area contributed by atoms with Crippen LogP contribution in [0.4, 0.5) is 0 Å². The van der Waals surface area contributed by atoms with E-state index in [1.807, 2.05) is 6.92 Å². The third kappa shape index (κ3) is 14.3. The molecule has 0 aliphatic carbocycles. The van der Waals surface area contributed by atoms with Gasteiger partial charge in [0.1, 0.15) is 0 Å². The highest BCUT2D eigenvalue weighted by molar-refractivity contribution is 7.94. The third-order valence-electron chi connectivity index (χ3n) is 2.78. The van der Waals surface area contributed by atoms with Gasteiger partial charge in [-0.25, -0.2) is 0 Å². The maximum atomic E-state index is 5.23. The largest absolute Gasteiger partial charge is 0.316 e. The monoisotopic (exact) mass is 246 g/mol. The number of hydrogen-bond donors (Lipinski definition) is 0. The first-order chi connectivity index (χ1) is 7.91. The second-order valence-corrected chi connectivity index (χ2v) is 5.29. The van der Waals surface area contributed by atoms with E-state index in [-0.39, 0.29) is 0 Å². The predicted molar refractivity (Wildman–Crippen MR) is 75.9 cm³/mol. The van der Waals surface area contributed by atoms with Crippen molar-refractivity contribution < 1.29 is 4.18 Å². The summed E-state index contributed by atoms with van der Waals surface area (Å²) in [5.74, 6) is 1.17. The quantitative estimate of drug-likeness (QED) is 0.309. The summed E-state index contributed by atoms with van der Waals surface area (Å²) >= 11 is 1.63. The average molecular weight is 246 g/mol. The van der Waals surface area contributed by atoms with Gasteiger partial charge in [0.25, 0.3) is 0 Å². The van der Waals surface area contributed by atoms with Gasteiger partial charge in [0.2, 0.25) is 0 Å². The van der Waals surface area contributed by atoms with Gasteiger partial charge in [0, 0.05) is 5.75 Å². The van der Waals surface area contributed by atoms with Crippen LogP contribution in [0, 0.1) is 0 Å². The van der Waals surface area contributed by atoms with Gasteiger partial charge in [-0.15, -0.1) is 0 Å². The van der Waals surface area contributed by atoms with E-state index in [0.717, 1.165) is 6.61 Å². The molecule has 0 radical (unpaired) electrons. The molecule has 0 aromatic rings. The minimum atomic E-state index is 0.836. The van der Waals surface area contributed by atoms with E-state index in [1.54, 1.807) is 12.0 Å². The first-order valence-corrected chi connectivity index (χ1v) is 8.07. The van der Waals surface area contributed by atoms with Gasteiger partial charge < -0.3 is 4.18 Å². The molecule has 98 valence electrons. The van der Waals surface area contributed by atoms with Gasteiger partial charge in [0.05, 0.1) is 6.61 Å². The van der Waals surface area contributed by atoms with Crippen molar-refractivity contribution in [1.29, 1.82) is 0 Å². The van der Waals surface area contributed by atoms with Crippen molar-refractivity contribution in [3.8, 4) is 0 Å². The van der Waals surface area contributed by atoms with Crippen LogP contribution in [0.2, 0.25) is 0 Å². The summed E-state index contributed by atoms with van der Waals surface area (Å²) in [6, 6.07) is 0. The van der Waals surface area contributed by atoms with Gasteiger partial charge in [-0.05, 0) is 25.4 Å². The van der Waals surface area contributed by atoms with E-state index >= 15 is 0 Å². The normalized spacial score (nSPS) is 10.9. The summed E-state index contributed by atoms with van der Waals surface area (Å²) in [6.45, 7) is 5.16. The summed E-state index contributed by atoms with van der Waals surface area (Å²) in [5.41, 5.74) is 0. The molecule has 1 nitrogen and oxygen atoms in total. The van der Waals surface area contributed by atoms with E-state index in [4.69, 9.17) is 4.18 Å². The molecule has 0 aromatic heterocycles. The minimum absolute atomic E-state index is 0.836. The number of hydrogen-bond acceptors (Lipinski definition) is 2. The van der Waals surface area contributed by atoms with Crippen LogP contribution in [0.3, 0.4) is 0 Å². The van der Waals surface area contributed by atoms with Crippen LogP contribution >= 0.6 is 12.0 Å². The number of unbranched alkanes of at least 4 members (excludes halogenated alkanes) is 9. The lowest BCUT2D eigenvalue weighted by molar-refractivity contribution is 0.401. The molecule has 0 heterocycles. The van der Waals surface area contributed by atoms with Crippen molar-refractivity contribution in [3.05, 3.63) is 0 Å². The molecule has 0 saturated heterocycles. The van der Waals surface area contributed by atoms with Crippen LogP contribution in [0.25, 0.3) is 0 Å². The molecule has 0 aromatic carbocycles. The Kier molecular flexibility index (Phi) is 15.6. The fourth-order valence-electron chi connectivity index (χ4n) is 1.79. The Labute approximate surface area is 107 Å². The predicted octanol–water partition coefficient (Wildman–Crippen LogP) is 5.59. The third-order valence-corrected chi connectivity index (χ3v) is 3.64. The molecular weight excluding hydrogens is 216 g/mol. The highest BCUT2D eigenvalue weighted by Crippen LogP contribution is 2.12. The van der Waals surface area contributed by atoms with E-state index in [1.165, 1.54) is 70.0 Å². The zero-order chi connectivity index (χ0) is 11.9. The molecule has 0 rings (SSSR count). The Balaban J connectivity index is 2.83. The Morgan fingerprint density at radius 1 is 0.688 bits per heavy atom. The van der Waals surface area contributed by atoms with Crippen molar-refractivity contribution >= 4 is 12.0 Å². The molecule has 0 spiro atoms. The molecule has 0 aliphatic heterocycles. The van der Waals surface area contributed by atoms with Crippen LogP contribution in [-0.2, 0) is 4.18 Å². The van der Waals surface area contributed by atoms with E-state index < -0.39 is 0 Å². The van der Waals surface area contributed by atoms with Crippen molar-refractivity contribution in [2.75, 3.05) is 12.4 Å². The zero-order valence-corrected chi connectivity index (χ0v) is 12.1. The molecule has 2 heteroatoms. The van der Waals surface area contributed by atoms with Crippen molar-refractivity contribution in [1.82, 2.24) is 0 Å². The standard InChI is InChI=1S/C14H30OS/c1-3-5-6-7-8-9-10-11-12-13-14-16-15-4-2/h3-14H2,1-2H3. The molecule has 0 amide bonds. The van der Waals surface area contributed by atoms with Crippen molar-refractivity contribution in [2.45, 2.75) is 78.1 Å². The molecule has 0 saturated carbocycles. The van der Waals surface area contributed by atoms with Crippen LogP contribution in [0.1, 0.15) is 78.1 Å². The first-order valence-electron chi connectivity index (χ1n) is 7.16. The molecule has 16 heavy (non-hydrogen) atoms. The smallest absolute Gasteiger partial charge is 0.0585 e. The van der Waals surface area contributed by atoms with Crippen molar-refractivity contribution in [3.63, 3.8) is 0 Å². The molecule has 0 atom stereocenters. The highest BCUT2D eigenvalue weighted by Gasteiger charge is 1.93. The Morgan fingerprint density at radius 3 is 1.69 bits per heavy atom. The minimum Gasteiger partial charge on any atom is -0.316 e. The summed E-state index contributed by atoms with van der Waals surface area (Å²) in [4.78, 5) is 0. The van der Waals surface area contributed by atoms with Gasteiger partial charge >= 0.3 is 0 Å². The molecule has 0 N–H and O–H groups in total. The second-order valence-electron chi connectivity index (χ2n) is 4.41. The lowest BCUT2D eigenvalue weighted by atomic mass is 10.1. The highest BCUT2D eigenvalue weighted by atomic mass is 32.2. The van der Waals surface area contributed by atoms with Crippen LogP contribution in [-0.4, -0.2) is 12.4 Å². The van der Waals surface area contributed by atoms with E-state index in [9.17, 15) is 0 Å². The molecule has 0 fully saturated rings. The van der Waals surface area contributed by atoms with Crippen molar-refractivity contribution in [2.24, 2.45) is 0 Å². The Bertz CT molecular complexity index is 103. The summed E-state index contributed by atoms with van der Waals surface area (Å²) < 4.78 is 5.23. The van der Waals surface area contributed by atoms with Crippen LogP contribution in [0.5, 0.6) is 0 Å². The maximum absolute atomic E-state index is 5.23. The average Bonchev–Trinajstić information content (AvgIpc) is 2.31. The summed E-state index contributed by atoms with van der Waals surface area (Å²) in [5, 5.41) is 0. The topological polar surface area (TPSA) is 9.23 Å². The summed E-state index contributed by atoms with van der Waals surface area (Å²) in [6.07, 6.45) is 14.1. The van der Waals surface area contributed by atoms with Gasteiger partial charge in [-0.2, -0.15) is 0 Å². The van der Waals surface area contributed by atoms with Gasteiger partial charge in [-0.1, -0.05) is 64.7 Å². The fourth-order valence-corrected chi connectivity index (χ4v) is 2.40. The van der Waals surface area contributed by atoms with Gasteiger partial charge in [0.15, 0.2) is 0 Å². The van der Waals surface area contributed by atoms with E-state index in [0.29, 0.717) is 0 Å². The SMILES string of the molecule is CCCCCCCCCCCCSOCC. The van der Waals surface area contributed by atoms with Crippen LogP contribution in [0.15, 0.2) is 0 Å². The molecular formula is C14H30OS. The zero-order valence-electron chi connectivity index (χ0n) is 11.3. The molecule has 0 bridgehead atoms. The Morgan fingerprint density at radius 2 is 1.19 bits per heavy atom. The lowest BCUT2D eigenvalue weighted by Gasteiger charge is -2.02. The molecule has 0 unspecified atom stereocenters. The van der Waals surface area contributed by atoms with E-state index in [2.05, 4.69) is 6.92 Å². The summed E-state index contributed by atoms with van der Waals surface area (Å²) in [7, 11) is 0. The van der Waals surface area contributed by atoms with Gasteiger partial charge in [-0.3, -0.25) is 0 Å². The lowest BCUT2D eigenvalue weighted by Crippen LogP contribution is -1.85. The maximum Gasteiger partial charge on any atom is 0.0585 e. The number of rotatable bonds is 13. The Hall–Kier alpha value is 0.310. The molecule has 0 aliphatic rings.